The van der Waals surface area contributed by atoms with Crippen molar-refractivity contribution in [1.29, 1.82) is 0 Å². The van der Waals surface area contributed by atoms with Gasteiger partial charge in [0.1, 0.15) is 12.4 Å². The number of benzene rings is 2. The maximum absolute atomic E-state index is 5.93. The number of pyridine rings is 1. The Hall–Kier alpha value is -3.18. The van der Waals surface area contributed by atoms with Crippen molar-refractivity contribution in [2.45, 2.75) is 33.1 Å². The lowest BCUT2D eigenvalue weighted by Gasteiger charge is -2.14. The van der Waals surface area contributed by atoms with Crippen LogP contribution in [0.25, 0.3) is 16.9 Å². The summed E-state index contributed by atoms with van der Waals surface area (Å²) in [6.07, 6.45) is 3.33. The van der Waals surface area contributed by atoms with Gasteiger partial charge in [0.05, 0.1) is 5.69 Å². The Morgan fingerprint density at radius 1 is 0.906 bits per heavy atom. The van der Waals surface area contributed by atoms with E-state index in [-0.39, 0.29) is 0 Å². The van der Waals surface area contributed by atoms with Crippen molar-refractivity contribution in [1.82, 2.24) is 19.5 Å². The van der Waals surface area contributed by atoms with Gasteiger partial charge in [-0.15, -0.1) is 0 Å². The van der Waals surface area contributed by atoms with Crippen molar-refractivity contribution >= 4 is 5.65 Å². The molecule has 2 aromatic heterocycles. The fourth-order valence-electron chi connectivity index (χ4n) is 4.33. The Bertz CT molecular complexity index is 1210. The van der Waals surface area contributed by atoms with Gasteiger partial charge in [-0.3, -0.25) is 4.90 Å². The Labute approximate surface area is 189 Å². The quantitative estimate of drug-likeness (QED) is 0.413. The number of aryl methyl sites for hydroxylation is 2. The highest BCUT2D eigenvalue weighted by Gasteiger charge is 2.12. The maximum Gasteiger partial charge on any atom is 0.156 e. The largest absolute Gasteiger partial charge is 0.492 e. The topological polar surface area (TPSA) is 42.7 Å². The molecule has 0 radical (unpaired) electrons. The van der Waals surface area contributed by atoms with Gasteiger partial charge in [-0.1, -0.05) is 30.3 Å². The van der Waals surface area contributed by atoms with E-state index in [1.807, 2.05) is 16.6 Å². The van der Waals surface area contributed by atoms with Crippen LogP contribution in [0.4, 0.5) is 0 Å². The van der Waals surface area contributed by atoms with Crippen molar-refractivity contribution in [3.8, 4) is 17.0 Å². The van der Waals surface area contributed by atoms with Gasteiger partial charge in [-0.05, 0) is 86.8 Å². The molecule has 3 heterocycles. The summed E-state index contributed by atoms with van der Waals surface area (Å²) in [5.41, 5.74) is 6.85. The van der Waals surface area contributed by atoms with Gasteiger partial charge in [-0.25, -0.2) is 9.50 Å². The van der Waals surface area contributed by atoms with E-state index >= 15 is 0 Å². The van der Waals surface area contributed by atoms with Crippen LogP contribution < -0.4 is 4.74 Å². The monoisotopic (exact) mass is 426 g/mol. The molecule has 0 aliphatic carbocycles. The first-order valence-corrected chi connectivity index (χ1v) is 11.5. The minimum atomic E-state index is 0.697. The van der Waals surface area contributed by atoms with Crippen LogP contribution in [0.15, 0.2) is 60.7 Å². The zero-order valence-corrected chi connectivity index (χ0v) is 18.9. The molecule has 0 bridgehead atoms. The smallest absolute Gasteiger partial charge is 0.156 e. The Balaban J connectivity index is 1.28. The molecule has 0 spiro atoms. The van der Waals surface area contributed by atoms with E-state index in [9.17, 15) is 0 Å². The summed E-state index contributed by atoms with van der Waals surface area (Å²) >= 11 is 0. The molecule has 5 nitrogen and oxygen atoms in total. The van der Waals surface area contributed by atoms with Gasteiger partial charge < -0.3 is 4.74 Å². The predicted molar refractivity (Wildman–Crippen MR) is 128 cm³/mol. The van der Waals surface area contributed by atoms with Crippen LogP contribution >= 0.6 is 0 Å². The third kappa shape index (κ3) is 4.53. The Kier molecular flexibility index (Phi) is 5.91. The molecule has 32 heavy (non-hydrogen) atoms. The van der Waals surface area contributed by atoms with Crippen LogP contribution in [0.2, 0.25) is 0 Å². The van der Waals surface area contributed by atoms with E-state index in [2.05, 4.69) is 67.3 Å². The van der Waals surface area contributed by atoms with Gasteiger partial charge in [0.25, 0.3) is 0 Å². The molecule has 5 heteroatoms. The lowest BCUT2D eigenvalue weighted by Crippen LogP contribution is -2.25. The molecule has 0 N–H and O–H groups in total. The number of aromatic nitrogens is 3. The first kappa shape index (κ1) is 20.7. The third-order valence-electron chi connectivity index (χ3n) is 6.37. The minimum Gasteiger partial charge on any atom is -0.492 e. The van der Waals surface area contributed by atoms with Gasteiger partial charge in [-0.2, -0.15) is 5.10 Å². The van der Waals surface area contributed by atoms with E-state index in [4.69, 9.17) is 14.8 Å². The van der Waals surface area contributed by atoms with E-state index in [1.54, 1.807) is 0 Å². The number of hydrogen-bond donors (Lipinski definition) is 0. The number of hydrogen-bond acceptors (Lipinski definition) is 4. The number of rotatable bonds is 7. The zero-order valence-electron chi connectivity index (χ0n) is 18.9. The van der Waals surface area contributed by atoms with E-state index in [0.717, 1.165) is 41.6 Å². The Morgan fingerprint density at radius 2 is 1.72 bits per heavy atom. The third-order valence-corrected chi connectivity index (χ3v) is 6.37. The van der Waals surface area contributed by atoms with Crippen molar-refractivity contribution < 1.29 is 4.74 Å². The summed E-state index contributed by atoms with van der Waals surface area (Å²) in [7, 11) is 0. The fraction of sp³-hybridized carbons (Fsp3) is 0.333. The van der Waals surface area contributed by atoms with Gasteiger partial charge >= 0.3 is 0 Å². The van der Waals surface area contributed by atoms with E-state index in [1.165, 1.54) is 42.6 Å². The summed E-state index contributed by atoms with van der Waals surface area (Å²) in [6.45, 7) is 8.45. The summed E-state index contributed by atoms with van der Waals surface area (Å²) < 4.78 is 7.88. The summed E-state index contributed by atoms with van der Waals surface area (Å²) in [6, 6.07) is 21.0. The molecule has 1 fully saturated rings. The number of nitrogens with zero attached hydrogens (tertiary/aromatic N) is 4. The maximum atomic E-state index is 5.93. The molecule has 5 rings (SSSR count). The van der Waals surface area contributed by atoms with Crippen LogP contribution in [0.5, 0.6) is 5.75 Å². The SMILES string of the molecule is Cc1ccc(-c2cccc3nc(Cc4ccc(OCCN5CCCC5)cc4)nn23)cc1C. The van der Waals surface area contributed by atoms with Crippen molar-refractivity contribution in [3.63, 3.8) is 0 Å². The number of likely N-dealkylation sites (tertiary alicyclic amines) is 1. The molecule has 0 atom stereocenters. The molecule has 0 amide bonds. The second-order valence-electron chi connectivity index (χ2n) is 8.73. The zero-order chi connectivity index (χ0) is 21.9. The standard InChI is InChI=1S/C27H30N4O/c1-20-8-11-23(18-21(20)2)25-6-5-7-27-28-26(29-31(25)27)19-22-9-12-24(13-10-22)32-17-16-30-14-3-4-15-30/h5-13,18H,3-4,14-17,19H2,1-2H3. The number of fused-ring (bicyclic) bond motifs is 1. The normalized spacial score (nSPS) is 14.3. The van der Waals surface area contributed by atoms with E-state index < -0.39 is 0 Å². The average Bonchev–Trinajstić information content (AvgIpc) is 3.46. The minimum absolute atomic E-state index is 0.697. The molecule has 164 valence electrons. The Morgan fingerprint density at radius 3 is 2.50 bits per heavy atom. The molecule has 1 saturated heterocycles. The summed E-state index contributed by atoms with van der Waals surface area (Å²) in [5, 5.41) is 4.82. The number of ether oxygens (including phenoxy) is 1. The molecule has 0 unspecified atom stereocenters. The van der Waals surface area contributed by atoms with Crippen molar-refractivity contribution in [2.24, 2.45) is 0 Å². The molecule has 1 aliphatic rings. The van der Waals surface area contributed by atoms with Gasteiger partial charge in [0, 0.05) is 18.5 Å². The van der Waals surface area contributed by atoms with Crippen LogP contribution in [-0.4, -0.2) is 45.7 Å². The molecule has 1 aliphatic heterocycles. The van der Waals surface area contributed by atoms with Crippen molar-refractivity contribution in [3.05, 3.63) is 83.2 Å². The highest BCUT2D eigenvalue weighted by Crippen LogP contribution is 2.23. The lowest BCUT2D eigenvalue weighted by molar-refractivity contribution is 0.238. The highest BCUT2D eigenvalue weighted by molar-refractivity contribution is 5.64. The summed E-state index contributed by atoms with van der Waals surface area (Å²) in [4.78, 5) is 7.23. The predicted octanol–water partition coefficient (Wildman–Crippen LogP) is 5.08. The van der Waals surface area contributed by atoms with Crippen LogP contribution in [0.3, 0.4) is 0 Å². The first-order valence-electron chi connectivity index (χ1n) is 11.5. The second kappa shape index (κ2) is 9.13. The molecule has 0 saturated carbocycles. The average molecular weight is 427 g/mol. The van der Waals surface area contributed by atoms with Crippen molar-refractivity contribution in [2.75, 3.05) is 26.2 Å². The van der Waals surface area contributed by atoms with Crippen LogP contribution in [0, 0.1) is 13.8 Å². The summed E-state index contributed by atoms with van der Waals surface area (Å²) in [5.74, 6) is 1.75. The molecular weight excluding hydrogens is 396 g/mol. The van der Waals surface area contributed by atoms with Gasteiger partial charge in [0.15, 0.2) is 11.5 Å². The highest BCUT2D eigenvalue weighted by atomic mass is 16.5. The second-order valence-corrected chi connectivity index (χ2v) is 8.73. The van der Waals surface area contributed by atoms with Crippen LogP contribution in [0.1, 0.15) is 35.4 Å². The molecular formula is C27H30N4O. The first-order chi connectivity index (χ1) is 15.7. The lowest BCUT2D eigenvalue weighted by atomic mass is 10.0. The van der Waals surface area contributed by atoms with E-state index in [0.29, 0.717) is 6.42 Å². The van der Waals surface area contributed by atoms with Crippen LogP contribution in [-0.2, 0) is 6.42 Å². The fourth-order valence-corrected chi connectivity index (χ4v) is 4.33. The molecule has 4 aromatic rings. The van der Waals surface area contributed by atoms with Gasteiger partial charge in [0.2, 0.25) is 0 Å². The molecule has 2 aromatic carbocycles.